The number of carbonyl (C=O) groups is 1. The number of amides is 1. The predicted molar refractivity (Wildman–Crippen MR) is 99.3 cm³/mol. The van der Waals surface area contributed by atoms with Gasteiger partial charge in [-0.1, -0.05) is 29.8 Å². The first kappa shape index (κ1) is 17.8. The predicted octanol–water partition coefficient (Wildman–Crippen LogP) is 2.77. The van der Waals surface area contributed by atoms with Gasteiger partial charge in [-0.15, -0.1) is 0 Å². The Morgan fingerprint density at radius 2 is 1.85 bits per heavy atom. The van der Waals surface area contributed by atoms with E-state index in [-0.39, 0.29) is 17.9 Å². The zero-order chi connectivity index (χ0) is 18.7. The summed E-state index contributed by atoms with van der Waals surface area (Å²) in [5.41, 5.74) is 0.596. The number of hydrogen-bond donors (Lipinski definition) is 2. The summed E-state index contributed by atoms with van der Waals surface area (Å²) in [6.45, 7) is 0. The second-order valence-electron chi connectivity index (χ2n) is 5.46. The van der Waals surface area contributed by atoms with E-state index in [9.17, 15) is 9.59 Å². The number of hydrogen-bond acceptors (Lipinski definition) is 5. The number of methoxy groups -OCH3 is 2. The van der Waals surface area contributed by atoms with Crippen LogP contribution >= 0.6 is 11.6 Å². The van der Waals surface area contributed by atoms with Crippen molar-refractivity contribution in [3.05, 3.63) is 57.5 Å². The highest BCUT2D eigenvalue weighted by atomic mass is 35.5. The topological polar surface area (TPSA) is 93.3 Å². The largest absolute Gasteiger partial charge is 0.495 e. The van der Waals surface area contributed by atoms with Gasteiger partial charge in [0, 0.05) is 17.5 Å². The fraction of sp³-hybridized carbons (Fsp3) is 0.167. The average molecular weight is 374 g/mol. The average Bonchev–Trinajstić information content (AvgIpc) is 2.65. The van der Waals surface area contributed by atoms with Crippen LogP contribution in [0.5, 0.6) is 11.5 Å². The SMILES string of the molecule is COc1cc(NC(=O)Cc2n[nH]c(=O)c3ccccc23)c(OC)cc1Cl. The van der Waals surface area contributed by atoms with E-state index in [1.54, 1.807) is 36.4 Å². The van der Waals surface area contributed by atoms with Crippen LogP contribution in [0.25, 0.3) is 10.8 Å². The number of aromatic nitrogens is 2. The number of fused-ring (bicyclic) bond motifs is 1. The van der Waals surface area contributed by atoms with Crippen molar-refractivity contribution < 1.29 is 14.3 Å². The van der Waals surface area contributed by atoms with Gasteiger partial charge in [-0.3, -0.25) is 9.59 Å². The molecule has 0 spiro atoms. The molecule has 8 heteroatoms. The Kier molecular flexibility index (Phi) is 5.09. The Morgan fingerprint density at radius 3 is 2.54 bits per heavy atom. The second-order valence-corrected chi connectivity index (χ2v) is 5.86. The molecule has 0 atom stereocenters. The number of anilines is 1. The smallest absolute Gasteiger partial charge is 0.272 e. The molecule has 134 valence electrons. The van der Waals surface area contributed by atoms with Gasteiger partial charge in [0.05, 0.1) is 42.4 Å². The van der Waals surface area contributed by atoms with Gasteiger partial charge in [-0.05, 0) is 6.07 Å². The normalized spacial score (nSPS) is 10.6. The van der Waals surface area contributed by atoms with E-state index in [0.29, 0.717) is 38.7 Å². The number of rotatable bonds is 5. The zero-order valence-corrected chi connectivity index (χ0v) is 14.9. The number of ether oxygens (including phenoxy) is 2. The van der Waals surface area contributed by atoms with Gasteiger partial charge in [0.15, 0.2) is 0 Å². The minimum Gasteiger partial charge on any atom is -0.495 e. The first-order chi connectivity index (χ1) is 12.5. The number of carbonyl (C=O) groups excluding carboxylic acids is 1. The lowest BCUT2D eigenvalue weighted by molar-refractivity contribution is -0.115. The van der Waals surface area contributed by atoms with Crippen LogP contribution in [0.1, 0.15) is 5.69 Å². The molecule has 0 saturated carbocycles. The molecule has 0 aliphatic rings. The molecular weight excluding hydrogens is 358 g/mol. The third-order valence-electron chi connectivity index (χ3n) is 3.85. The molecule has 0 radical (unpaired) electrons. The maximum absolute atomic E-state index is 12.5. The van der Waals surface area contributed by atoms with Gasteiger partial charge < -0.3 is 14.8 Å². The summed E-state index contributed by atoms with van der Waals surface area (Å²) >= 11 is 6.07. The van der Waals surface area contributed by atoms with Crippen LogP contribution in [0.3, 0.4) is 0 Å². The van der Waals surface area contributed by atoms with Crippen molar-refractivity contribution in [1.29, 1.82) is 0 Å². The molecular formula is C18H16ClN3O4. The third kappa shape index (κ3) is 3.48. The van der Waals surface area contributed by atoms with Crippen LogP contribution in [0.2, 0.25) is 5.02 Å². The van der Waals surface area contributed by atoms with E-state index < -0.39 is 0 Å². The fourth-order valence-electron chi connectivity index (χ4n) is 2.61. The van der Waals surface area contributed by atoms with Gasteiger partial charge >= 0.3 is 0 Å². The van der Waals surface area contributed by atoms with Crippen LogP contribution in [0, 0.1) is 0 Å². The first-order valence-corrected chi connectivity index (χ1v) is 8.09. The molecule has 0 aliphatic heterocycles. The Labute approximate surface area is 153 Å². The summed E-state index contributed by atoms with van der Waals surface area (Å²) < 4.78 is 10.4. The quantitative estimate of drug-likeness (QED) is 0.717. The molecule has 0 unspecified atom stereocenters. The van der Waals surface area contributed by atoms with Crippen molar-refractivity contribution in [3.8, 4) is 11.5 Å². The Hall–Kier alpha value is -3.06. The summed E-state index contributed by atoms with van der Waals surface area (Å²) in [4.78, 5) is 24.3. The van der Waals surface area contributed by atoms with Crippen LogP contribution < -0.4 is 20.3 Å². The highest BCUT2D eigenvalue weighted by molar-refractivity contribution is 6.32. The van der Waals surface area contributed by atoms with Gasteiger partial charge in [-0.2, -0.15) is 5.10 Å². The number of aromatic amines is 1. The third-order valence-corrected chi connectivity index (χ3v) is 4.15. The molecule has 2 N–H and O–H groups in total. The Morgan fingerprint density at radius 1 is 1.15 bits per heavy atom. The fourth-order valence-corrected chi connectivity index (χ4v) is 2.84. The molecule has 26 heavy (non-hydrogen) atoms. The van der Waals surface area contributed by atoms with Crippen LogP contribution in [0.15, 0.2) is 41.2 Å². The van der Waals surface area contributed by atoms with E-state index in [1.165, 1.54) is 14.2 Å². The van der Waals surface area contributed by atoms with Gasteiger partial charge in [-0.25, -0.2) is 5.10 Å². The minimum absolute atomic E-state index is 0.0224. The highest BCUT2D eigenvalue weighted by Crippen LogP contribution is 2.35. The number of nitrogens with one attached hydrogen (secondary N) is 2. The number of halogens is 1. The summed E-state index contributed by atoms with van der Waals surface area (Å²) in [7, 11) is 2.96. The molecule has 0 saturated heterocycles. The molecule has 7 nitrogen and oxygen atoms in total. The second kappa shape index (κ2) is 7.45. The van der Waals surface area contributed by atoms with Crippen molar-refractivity contribution >= 4 is 34.0 Å². The van der Waals surface area contributed by atoms with Gasteiger partial charge in [0.2, 0.25) is 5.91 Å². The highest BCUT2D eigenvalue weighted by Gasteiger charge is 2.15. The molecule has 1 heterocycles. The molecule has 0 bridgehead atoms. The van der Waals surface area contributed by atoms with Crippen molar-refractivity contribution in [2.75, 3.05) is 19.5 Å². The monoisotopic (exact) mass is 373 g/mol. The number of benzene rings is 2. The van der Waals surface area contributed by atoms with Crippen LogP contribution in [-0.2, 0) is 11.2 Å². The van der Waals surface area contributed by atoms with Crippen LogP contribution in [-0.4, -0.2) is 30.3 Å². The lowest BCUT2D eigenvalue weighted by Gasteiger charge is -2.13. The summed E-state index contributed by atoms with van der Waals surface area (Å²) in [5.74, 6) is 0.496. The zero-order valence-electron chi connectivity index (χ0n) is 14.1. The molecule has 0 fully saturated rings. The van der Waals surface area contributed by atoms with Crippen molar-refractivity contribution in [1.82, 2.24) is 10.2 Å². The van der Waals surface area contributed by atoms with Crippen LogP contribution in [0.4, 0.5) is 5.69 Å². The van der Waals surface area contributed by atoms with E-state index in [0.717, 1.165) is 0 Å². The summed E-state index contributed by atoms with van der Waals surface area (Å²) in [6.07, 6.45) is -0.0224. The van der Waals surface area contributed by atoms with Crippen molar-refractivity contribution in [3.63, 3.8) is 0 Å². The molecule has 3 aromatic rings. The number of H-pyrrole nitrogens is 1. The standard InChI is InChI=1S/C18H16ClN3O4/c1-25-15-8-14(16(26-2)7-12(15)19)20-17(23)9-13-10-5-3-4-6-11(10)18(24)22-21-13/h3-8H,9H2,1-2H3,(H,20,23)(H,22,24). The molecule has 1 aromatic heterocycles. The Balaban J connectivity index is 1.89. The van der Waals surface area contributed by atoms with E-state index >= 15 is 0 Å². The Bertz CT molecular complexity index is 1030. The molecule has 0 aliphatic carbocycles. The lowest BCUT2D eigenvalue weighted by Crippen LogP contribution is -2.18. The minimum atomic E-state index is -0.322. The van der Waals surface area contributed by atoms with Crippen molar-refractivity contribution in [2.24, 2.45) is 0 Å². The van der Waals surface area contributed by atoms with E-state index in [1.807, 2.05) is 0 Å². The maximum atomic E-state index is 12.5. The molecule has 2 aromatic carbocycles. The number of nitrogens with zero attached hydrogens (tertiary/aromatic N) is 1. The van der Waals surface area contributed by atoms with Gasteiger partial charge in [0.25, 0.3) is 5.56 Å². The maximum Gasteiger partial charge on any atom is 0.272 e. The van der Waals surface area contributed by atoms with E-state index in [2.05, 4.69) is 15.5 Å². The van der Waals surface area contributed by atoms with Gasteiger partial charge in [0.1, 0.15) is 11.5 Å². The molecule has 3 rings (SSSR count). The summed E-state index contributed by atoms with van der Waals surface area (Å²) in [6, 6.07) is 10.1. The van der Waals surface area contributed by atoms with Crippen molar-refractivity contribution in [2.45, 2.75) is 6.42 Å². The lowest BCUT2D eigenvalue weighted by atomic mass is 10.1. The first-order valence-electron chi connectivity index (χ1n) is 7.71. The summed E-state index contributed by atoms with van der Waals surface area (Å²) in [5, 5.41) is 10.7. The van der Waals surface area contributed by atoms with E-state index in [4.69, 9.17) is 21.1 Å². The molecule has 1 amide bonds.